The molecule has 3 unspecified atom stereocenters. The number of anilines is 2. The van der Waals surface area contributed by atoms with E-state index in [1.165, 1.54) is 17.8 Å². The number of aromatic nitrogens is 4. The van der Waals surface area contributed by atoms with Gasteiger partial charge in [-0.15, -0.1) is 0 Å². The van der Waals surface area contributed by atoms with Gasteiger partial charge in [0.15, 0.2) is 23.2 Å². The summed E-state index contributed by atoms with van der Waals surface area (Å²) in [6.07, 6.45) is -2.62. The molecule has 2 aromatic rings. The van der Waals surface area contributed by atoms with E-state index < -0.39 is 74.2 Å². The van der Waals surface area contributed by atoms with E-state index in [4.69, 9.17) is 29.2 Å². The lowest BCUT2D eigenvalue weighted by molar-refractivity contribution is -0.146. The molecule has 2 aromatic heterocycles. The fourth-order valence-electron chi connectivity index (χ4n) is 5.53. The second-order valence-corrected chi connectivity index (χ2v) is 14.5. The number of nitrogens with one attached hydrogen (secondary N) is 2. The summed E-state index contributed by atoms with van der Waals surface area (Å²) < 4.78 is 43.8. The highest BCUT2D eigenvalue weighted by Gasteiger charge is 2.54. The molecule has 2 aliphatic heterocycles. The molecule has 2 fully saturated rings. The van der Waals surface area contributed by atoms with Crippen LogP contribution in [0.25, 0.3) is 11.2 Å². The lowest BCUT2D eigenvalue weighted by Crippen LogP contribution is -2.49. The van der Waals surface area contributed by atoms with Gasteiger partial charge in [-0.2, -0.15) is 9.97 Å². The van der Waals surface area contributed by atoms with Crippen molar-refractivity contribution in [3.8, 4) is 0 Å². The zero-order valence-corrected chi connectivity index (χ0v) is 29.4. The van der Waals surface area contributed by atoms with Crippen molar-refractivity contribution in [2.75, 3.05) is 56.8 Å². The van der Waals surface area contributed by atoms with E-state index >= 15 is 0 Å². The van der Waals surface area contributed by atoms with Gasteiger partial charge in [-0.05, 0) is 32.6 Å². The Hall–Kier alpha value is -2.96. The molecule has 4 heterocycles. The van der Waals surface area contributed by atoms with Crippen molar-refractivity contribution < 1.29 is 47.8 Å². The third-order valence-electron chi connectivity index (χ3n) is 8.19. The summed E-state index contributed by atoms with van der Waals surface area (Å²) in [4.78, 5) is 40.9. The summed E-state index contributed by atoms with van der Waals surface area (Å²) >= 11 is 0. The Balaban J connectivity index is 1.62. The standard InChI is InChI=1S/C29H49N8O10P/c1-8-44-25(39)19(16(3)4)34-48(42,35-20(17(5)6)26(40)45-9-2)46-14-18-22(38)29(7,41)27(47-18)37-15-31-21-23(32-28(30)33-24(21)37)36-10-12-43-13-11-36/h15-20,22,27,38,41H,8-14H2,1-7H3,(H2,30,32,33)(H2,34,35,42)/t18-,19+,20+,22?,27?,29?/m1/s1. The number of morpholine rings is 1. The molecule has 6 atom stereocenters. The zero-order chi connectivity index (χ0) is 35.4. The first-order chi connectivity index (χ1) is 22.6. The van der Waals surface area contributed by atoms with E-state index in [-0.39, 0.29) is 24.8 Å². The Labute approximate surface area is 279 Å². The van der Waals surface area contributed by atoms with Crippen LogP contribution in [0.2, 0.25) is 0 Å². The van der Waals surface area contributed by atoms with Crippen molar-refractivity contribution in [1.82, 2.24) is 29.7 Å². The summed E-state index contributed by atoms with van der Waals surface area (Å²) in [7, 11) is -4.31. The molecule has 6 N–H and O–H groups in total. The number of aliphatic hydroxyl groups is 2. The molecule has 18 nitrogen and oxygen atoms in total. The number of fused-ring (bicyclic) bond motifs is 1. The lowest BCUT2D eigenvalue weighted by atomic mass is 9.96. The summed E-state index contributed by atoms with van der Waals surface area (Å²) in [6, 6.07) is -2.18. The Kier molecular flexibility index (Phi) is 12.4. The van der Waals surface area contributed by atoms with E-state index in [1.54, 1.807) is 41.5 Å². The Morgan fingerprint density at radius 1 is 1.08 bits per heavy atom. The van der Waals surface area contributed by atoms with Crippen molar-refractivity contribution in [3.63, 3.8) is 0 Å². The maximum absolute atomic E-state index is 14.5. The minimum atomic E-state index is -4.31. The van der Waals surface area contributed by atoms with Gasteiger partial charge in [-0.1, -0.05) is 27.7 Å². The number of hydrogen-bond acceptors (Lipinski definition) is 15. The van der Waals surface area contributed by atoms with Crippen LogP contribution in [0, 0.1) is 11.8 Å². The van der Waals surface area contributed by atoms with Crippen LogP contribution in [0.5, 0.6) is 0 Å². The van der Waals surface area contributed by atoms with E-state index in [0.29, 0.717) is 37.6 Å². The highest BCUT2D eigenvalue weighted by molar-refractivity contribution is 7.54. The van der Waals surface area contributed by atoms with Gasteiger partial charge in [0.2, 0.25) is 5.95 Å². The smallest absolute Gasteiger partial charge is 0.342 e. The monoisotopic (exact) mass is 700 g/mol. The van der Waals surface area contributed by atoms with Crippen LogP contribution in [0.15, 0.2) is 6.33 Å². The van der Waals surface area contributed by atoms with Crippen molar-refractivity contribution in [2.24, 2.45) is 11.8 Å². The third kappa shape index (κ3) is 8.25. The molecule has 48 heavy (non-hydrogen) atoms. The number of carbonyl (C=O) groups is 2. The van der Waals surface area contributed by atoms with Crippen LogP contribution >= 0.6 is 7.67 Å². The SMILES string of the molecule is CCOC(=O)[C@@H](NP(=O)(N[C@H](C(=O)OCC)C(C)C)OC[C@H]1OC(n2cnc3c(N4CCOCC4)nc(N)nc32)C(C)(O)C1O)C(C)C. The van der Waals surface area contributed by atoms with Gasteiger partial charge in [0, 0.05) is 13.1 Å². The molecule has 0 amide bonds. The Morgan fingerprint density at radius 3 is 2.17 bits per heavy atom. The van der Waals surface area contributed by atoms with Gasteiger partial charge < -0.3 is 44.3 Å². The zero-order valence-electron chi connectivity index (χ0n) is 28.5. The van der Waals surface area contributed by atoms with Crippen LogP contribution in [-0.4, -0.2) is 118 Å². The molecular weight excluding hydrogens is 651 g/mol. The highest BCUT2D eigenvalue weighted by atomic mass is 31.2. The maximum atomic E-state index is 14.5. The second kappa shape index (κ2) is 15.7. The average molecular weight is 701 g/mol. The van der Waals surface area contributed by atoms with Crippen LogP contribution < -0.4 is 20.8 Å². The number of rotatable bonds is 15. The number of nitrogens with two attached hydrogens (primary N) is 1. The predicted molar refractivity (Wildman–Crippen MR) is 174 cm³/mol. The molecule has 4 rings (SSSR count). The molecule has 0 bridgehead atoms. The first kappa shape index (κ1) is 37.9. The predicted octanol–water partition coefficient (Wildman–Crippen LogP) is 0.734. The Morgan fingerprint density at radius 2 is 1.65 bits per heavy atom. The third-order valence-corrected chi connectivity index (χ3v) is 9.94. The molecule has 270 valence electrons. The largest absolute Gasteiger partial charge is 0.465 e. The minimum absolute atomic E-state index is 0.0236. The quantitative estimate of drug-likeness (QED) is 0.127. The van der Waals surface area contributed by atoms with Crippen LogP contribution in [0.1, 0.15) is 54.7 Å². The minimum Gasteiger partial charge on any atom is -0.465 e. The summed E-state index contributed by atoms with van der Waals surface area (Å²) in [5, 5.41) is 28.3. The van der Waals surface area contributed by atoms with Gasteiger partial charge >= 0.3 is 19.6 Å². The van der Waals surface area contributed by atoms with Gasteiger partial charge in [0.1, 0.15) is 29.9 Å². The van der Waals surface area contributed by atoms with Crippen molar-refractivity contribution in [2.45, 2.75) is 84.6 Å². The summed E-state index contributed by atoms with van der Waals surface area (Å²) in [6.45, 7) is 13.4. The molecule has 0 spiro atoms. The van der Waals surface area contributed by atoms with E-state index in [9.17, 15) is 24.4 Å². The molecule has 2 aliphatic rings. The summed E-state index contributed by atoms with van der Waals surface area (Å²) in [5.41, 5.74) is 4.84. The van der Waals surface area contributed by atoms with Crippen molar-refractivity contribution in [3.05, 3.63) is 6.33 Å². The number of imidazole rings is 1. The second-order valence-electron chi connectivity index (χ2n) is 12.6. The van der Waals surface area contributed by atoms with Crippen molar-refractivity contribution >= 4 is 42.5 Å². The number of hydrogen-bond donors (Lipinski definition) is 5. The average Bonchev–Trinajstić information content (AvgIpc) is 3.54. The molecule has 19 heteroatoms. The fraction of sp³-hybridized carbons (Fsp3) is 0.759. The molecule has 0 radical (unpaired) electrons. The first-order valence-electron chi connectivity index (χ1n) is 16.2. The number of nitrogens with zero attached hydrogens (tertiary/aromatic N) is 5. The highest BCUT2D eigenvalue weighted by Crippen LogP contribution is 2.45. The molecule has 0 saturated carbocycles. The van der Waals surface area contributed by atoms with Gasteiger partial charge in [0.05, 0.1) is 39.4 Å². The molecule has 0 aromatic carbocycles. The van der Waals surface area contributed by atoms with Crippen LogP contribution in [-0.2, 0) is 37.6 Å². The number of ether oxygens (including phenoxy) is 4. The first-order valence-corrected chi connectivity index (χ1v) is 17.8. The van der Waals surface area contributed by atoms with E-state index in [1.807, 2.05) is 4.90 Å². The van der Waals surface area contributed by atoms with Gasteiger partial charge in [-0.25, -0.2) is 15.2 Å². The van der Waals surface area contributed by atoms with E-state index in [0.717, 1.165) is 0 Å². The van der Waals surface area contributed by atoms with Gasteiger partial charge in [-0.3, -0.25) is 18.7 Å². The molecule has 0 aliphatic carbocycles. The van der Waals surface area contributed by atoms with Crippen LogP contribution in [0.3, 0.4) is 0 Å². The van der Waals surface area contributed by atoms with Gasteiger partial charge in [0.25, 0.3) is 0 Å². The fourth-order valence-corrected chi connectivity index (χ4v) is 7.65. The number of esters is 2. The van der Waals surface area contributed by atoms with E-state index in [2.05, 4.69) is 25.1 Å². The normalized spacial score (nSPS) is 24.7. The van der Waals surface area contributed by atoms with Crippen LogP contribution in [0.4, 0.5) is 11.8 Å². The lowest BCUT2D eigenvalue weighted by Gasteiger charge is -2.31. The number of carbonyl (C=O) groups excluding carboxylic acids is 2. The summed E-state index contributed by atoms with van der Waals surface area (Å²) in [5.74, 6) is -1.65. The topological polar surface area (TPSA) is 235 Å². The van der Waals surface area contributed by atoms with Crippen molar-refractivity contribution in [1.29, 1.82) is 0 Å². The molecule has 2 saturated heterocycles. The molecular formula is C29H49N8O10P. The number of aliphatic hydroxyl groups excluding tert-OH is 1. The number of nitrogen functional groups attached to an aromatic ring is 1. The Bertz CT molecular complexity index is 1430. The maximum Gasteiger partial charge on any atom is 0.342 e.